The lowest BCUT2D eigenvalue weighted by molar-refractivity contribution is -0.144. The molecule has 156 valence electrons. The minimum atomic E-state index is -4.50. The number of carbonyl (C=O) groups excluding carboxylic acids is 2. The second-order valence-electron chi connectivity index (χ2n) is 6.89. The molecule has 0 spiro atoms. The molecule has 2 amide bonds. The fourth-order valence-corrected chi connectivity index (χ4v) is 4.57. The van der Waals surface area contributed by atoms with Crippen molar-refractivity contribution in [1.29, 1.82) is 0 Å². The Labute approximate surface area is 161 Å². The standard InChI is InChI=1S/C17H22F3N3O4S/c1-22(2)8-9-23(14-7-10-28(26,27)11-14)16(25)15(24)21-13-5-3-12(4-6-13)17(18,19)20/h3-6,14H,7-11H2,1-2H3,(H,21,24). The molecule has 28 heavy (non-hydrogen) atoms. The van der Waals surface area contributed by atoms with Gasteiger partial charge in [-0.3, -0.25) is 9.59 Å². The first-order valence-corrected chi connectivity index (χ1v) is 10.4. The van der Waals surface area contributed by atoms with Crippen LogP contribution in [0.1, 0.15) is 12.0 Å². The van der Waals surface area contributed by atoms with Crippen LogP contribution in [-0.2, 0) is 25.6 Å². The highest BCUT2D eigenvalue weighted by atomic mass is 32.2. The minimum absolute atomic E-state index is 0.0398. The van der Waals surface area contributed by atoms with Crippen LogP contribution in [-0.4, -0.2) is 74.8 Å². The molecule has 0 aliphatic carbocycles. The molecule has 0 bridgehead atoms. The SMILES string of the molecule is CN(C)CCN(C(=O)C(=O)Nc1ccc(C(F)(F)F)cc1)C1CCS(=O)(=O)C1. The number of hydrogen-bond acceptors (Lipinski definition) is 5. The van der Waals surface area contributed by atoms with Crippen LogP contribution in [0.4, 0.5) is 18.9 Å². The van der Waals surface area contributed by atoms with Gasteiger partial charge in [-0.25, -0.2) is 8.42 Å². The summed E-state index contributed by atoms with van der Waals surface area (Å²) < 4.78 is 61.3. The average Bonchev–Trinajstić information content (AvgIpc) is 2.94. The van der Waals surface area contributed by atoms with E-state index in [0.717, 1.165) is 24.3 Å². The van der Waals surface area contributed by atoms with Gasteiger partial charge in [0.05, 0.1) is 17.1 Å². The van der Waals surface area contributed by atoms with Crippen molar-refractivity contribution < 1.29 is 31.2 Å². The first-order chi connectivity index (χ1) is 12.9. The van der Waals surface area contributed by atoms with Crippen molar-refractivity contribution in [3.8, 4) is 0 Å². The third-order valence-corrected chi connectivity index (χ3v) is 6.11. The van der Waals surface area contributed by atoms with E-state index in [1.165, 1.54) is 4.90 Å². The highest BCUT2D eigenvalue weighted by molar-refractivity contribution is 7.91. The summed E-state index contributed by atoms with van der Waals surface area (Å²) in [7, 11) is 0.287. The van der Waals surface area contributed by atoms with E-state index >= 15 is 0 Å². The van der Waals surface area contributed by atoms with E-state index in [2.05, 4.69) is 5.32 Å². The Hall–Kier alpha value is -2.14. The molecule has 2 rings (SSSR count). The van der Waals surface area contributed by atoms with Crippen LogP contribution in [0.5, 0.6) is 0 Å². The van der Waals surface area contributed by atoms with Gasteiger partial charge >= 0.3 is 18.0 Å². The zero-order valence-electron chi connectivity index (χ0n) is 15.5. The smallest absolute Gasteiger partial charge is 0.329 e. The van der Waals surface area contributed by atoms with E-state index in [9.17, 15) is 31.2 Å². The monoisotopic (exact) mass is 421 g/mol. The molecule has 1 aliphatic heterocycles. The number of likely N-dealkylation sites (N-methyl/N-ethyl adjacent to an activating group) is 1. The van der Waals surface area contributed by atoms with Crippen LogP contribution in [0.3, 0.4) is 0 Å². The van der Waals surface area contributed by atoms with Gasteiger partial charge in [0.15, 0.2) is 9.84 Å². The summed E-state index contributed by atoms with van der Waals surface area (Å²) in [5.74, 6) is -2.20. The maximum absolute atomic E-state index is 12.6. The Balaban J connectivity index is 2.10. The summed E-state index contributed by atoms with van der Waals surface area (Å²) in [6.07, 6.45) is -4.26. The maximum atomic E-state index is 12.6. The molecule has 1 atom stereocenters. The minimum Gasteiger partial charge on any atom is -0.329 e. The molecule has 11 heteroatoms. The zero-order chi connectivity index (χ0) is 21.1. The topological polar surface area (TPSA) is 86.8 Å². The Morgan fingerprint density at radius 3 is 2.21 bits per heavy atom. The number of anilines is 1. The first-order valence-electron chi connectivity index (χ1n) is 8.53. The van der Waals surface area contributed by atoms with E-state index in [4.69, 9.17) is 0 Å². The Morgan fingerprint density at radius 1 is 1.14 bits per heavy atom. The second-order valence-corrected chi connectivity index (χ2v) is 9.12. The predicted octanol–water partition coefficient (Wildman–Crippen LogP) is 1.22. The van der Waals surface area contributed by atoms with Gasteiger partial charge in [0, 0.05) is 24.8 Å². The summed E-state index contributed by atoms with van der Waals surface area (Å²) in [4.78, 5) is 27.9. The third kappa shape index (κ3) is 5.93. The van der Waals surface area contributed by atoms with Crippen molar-refractivity contribution in [2.75, 3.05) is 44.0 Å². The quantitative estimate of drug-likeness (QED) is 0.723. The van der Waals surface area contributed by atoms with E-state index < -0.39 is 39.4 Å². The van der Waals surface area contributed by atoms with Crippen molar-refractivity contribution in [3.63, 3.8) is 0 Å². The second kappa shape index (κ2) is 8.48. The molecule has 1 fully saturated rings. The molecule has 0 aromatic heterocycles. The van der Waals surface area contributed by atoms with Crippen molar-refractivity contribution >= 4 is 27.3 Å². The summed E-state index contributed by atoms with van der Waals surface area (Å²) in [6.45, 7) is 0.586. The molecule has 7 nitrogen and oxygen atoms in total. The number of alkyl halides is 3. The number of rotatable bonds is 5. The summed E-state index contributed by atoms with van der Waals surface area (Å²) >= 11 is 0. The van der Waals surface area contributed by atoms with Crippen molar-refractivity contribution in [3.05, 3.63) is 29.8 Å². The Kier molecular flexibility index (Phi) is 6.71. The highest BCUT2D eigenvalue weighted by Crippen LogP contribution is 2.29. The number of nitrogens with one attached hydrogen (secondary N) is 1. The molecular weight excluding hydrogens is 399 g/mol. The zero-order valence-corrected chi connectivity index (χ0v) is 16.3. The van der Waals surface area contributed by atoms with E-state index in [-0.39, 0.29) is 30.2 Å². The largest absolute Gasteiger partial charge is 0.416 e. The number of hydrogen-bond donors (Lipinski definition) is 1. The molecule has 1 heterocycles. The van der Waals surface area contributed by atoms with Gasteiger partial charge < -0.3 is 15.1 Å². The molecule has 0 saturated carbocycles. The van der Waals surface area contributed by atoms with Crippen LogP contribution in [0.15, 0.2) is 24.3 Å². The van der Waals surface area contributed by atoms with Gasteiger partial charge in [-0.15, -0.1) is 0 Å². The molecule has 1 N–H and O–H groups in total. The molecule has 1 unspecified atom stereocenters. The van der Waals surface area contributed by atoms with Crippen molar-refractivity contribution in [1.82, 2.24) is 9.80 Å². The highest BCUT2D eigenvalue weighted by Gasteiger charge is 2.36. The van der Waals surface area contributed by atoms with Gasteiger partial charge in [0.25, 0.3) is 0 Å². The summed E-state index contributed by atoms with van der Waals surface area (Å²) in [6, 6.07) is 3.10. The fraction of sp³-hybridized carbons (Fsp3) is 0.529. The van der Waals surface area contributed by atoms with Crippen LogP contribution >= 0.6 is 0 Å². The van der Waals surface area contributed by atoms with Gasteiger partial charge in [-0.1, -0.05) is 0 Å². The fourth-order valence-electron chi connectivity index (χ4n) is 2.84. The van der Waals surface area contributed by atoms with Crippen LogP contribution < -0.4 is 5.32 Å². The lowest BCUT2D eigenvalue weighted by atomic mass is 10.2. The lowest BCUT2D eigenvalue weighted by Crippen LogP contribution is -2.48. The number of amides is 2. The molecule has 1 aromatic carbocycles. The average molecular weight is 421 g/mol. The van der Waals surface area contributed by atoms with Crippen LogP contribution in [0.25, 0.3) is 0 Å². The normalized spacial score (nSPS) is 18.9. The van der Waals surface area contributed by atoms with Gasteiger partial charge in [0.1, 0.15) is 0 Å². The molecule has 0 radical (unpaired) electrons. The molecule has 1 aliphatic rings. The first kappa shape index (κ1) is 22.2. The third-order valence-electron chi connectivity index (χ3n) is 4.36. The number of sulfone groups is 1. The maximum Gasteiger partial charge on any atom is 0.416 e. The summed E-state index contributed by atoms with van der Waals surface area (Å²) in [5.41, 5.74) is -0.835. The lowest BCUT2D eigenvalue weighted by Gasteiger charge is -2.28. The number of nitrogens with zero attached hydrogens (tertiary/aromatic N) is 2. The van der Waals surface area contributed by atoms with Crippen LogP contribution in [0.2, 0.25) is 0 Å². The van der Waals surface area contributed by atoms with Crippen molar-refractivity contribution in [2.45, 2.75) is 18.6 Å². The van der Waals surface area contributed by atoms with E-state index in [0.29, 0.717) is 6.54 Å². The van der Waals surface area contributed by atoms with Gasteiger partial charge in [-0.2, -0.15) is 13.2 Å². The molecular formula is C17H22F3N3O4S. The van der Waals surface area contributed by atoms with Gasteiger partial charge in [-0.05, 0) is 44.8 Å². The molecule has 1 aromatic rings. The van der Waals surface area contributed by atoms with Gasteiger partial charge in [0.2, 0.25) is 0 Å². The summed E-state index contributed by atoms with van der Waals surface area (Å²) in [5, 5.41) is 2.27. The Morgan fingerprint density at radius 2 is 1.75 bits per heavy atom. The Bertz CT molecular complexity index is 823. The predicted molar refractivity (Wildman–Crippen MR) is 97.4 cm³/mol. The van der Waals surface area contributed by atoms with E-state index in [1.54, 1.807) is 19.0 Å². The number of halogens is 3. The van der Waals surface area contributed by atoms with E-state index in [1.807, 2.05) is 0 Å². The van der Waals surface area contributed by atoms with Crippen LogP contribution in [0, 0.1) is 0 Å². The van der Waals surface area contributed by atoms with Crippen molar-refractivity contribution in [2.24, 2.45) is 0 Å². The number of carbonyl (C=O) groups is 2. The molecule has 1 saturated heterocycles. The number of benzene rings is 1.